The summed E-state index contributed by atoms with van der Waals surface area (Å²) in [5, 5.41) is 9.61. The molecule has 0 aliphatic carbocycles. The molecule has 0 bridgehead atoms. The van der Waals surface area contributed by atoms with Crippen molar-refractivity contribution in [2.24, 2.45) is 14.1 Å². The van der Waals surface area contributed by atoms with Gasteiger partial charge in [0.2, 0.25) is 0 Å². The van der Waals surface area contributed by atoms with Gasteiger partial charge in [0.25, 0.3) is 11.5 Å². The third-order valence-electron chi connectivity index (χ3n) is 4.78. The maximum absolute atomic E-state index is 13.2. The van der Waals surface area contributed by atoms with Gasteiger partial charge in [0.1, 0.15) is 0 Å². The number of amides is 1. The quantitative estimate of drug-likeness (QED) is 0.713. The van der Waals surface area contributed by atoms with Gasteiger partial charge in [0.05, 0.1) is 17.6 Å². The van der Waals surface area contributed by atoms with Crippen LogP contribution in [0, 0.1) is 0 Å². The smallest absolute Gasteiger partial charge is 0.275 e. The zero-order valence-corrected chi connectivity index (χ0v) is 14.2. The molecular weight excluding hydrogens is 318 g/mol. The van der Waals surface area contributed by atoms with Crippen LogP contribution in [0.15, 0.2) is 41.5 Å². The van der Waals surface area contributed by atoms with Crippen molar-refractivity contribution >= 4 is 16.7 Å². The highest BCUT2D eigenvalue weighted by Crippen LogP contribution is 2.33. The van der Waals surface area contributed by atoms with Crippen LogP contribution in [-0.4, -0.2) is 36.9 Å². The maximum Gasteiger partial charge on any atom is 0.275 e. The second-order valence-corrected chi connectivity index (χ2v) is 6.43. The lowest BCUT2D eigenvalue weighted by Crippen LogP contribution is -2.33. The van der Waals surface area contributed by atoms with Gasteiger partial charge in [-0.15, -0.1) is 0 Å². The van der Waals surface area contributed by atoms with Crippen LogP contribution in [0.3, 0.4) is 0 Å². The largest absolute Gasteiger partial charge is 0.330 e. The van der Waals surface area contributed by atoms with Crippen LogP contribution in [-0.2, 0) is 14.1 Å². The van der Waals surface area contributed by atoms with E-state index in [1.54, 1.807) is 29.9 Å². The molecule has 1 aliphatic heterocycles. The van der Waals surface area contributed by atoms with E-state index >= 15 is 0 Å². The molecule has 7 heteroatoms. The first kappa shape index (κ1) is 15.6. The van der Waals surface area contributed by atoms with E-state index in [9.17, 15) is 9.59 Å². The second-order valence-electron chi connectivity index (χ2n) is 6.43. The number of carbonyl (C=O) groups is 1. The van der Waals surface area contributed by atoms with E-state index in [0.717, 1.165) is 18.4 Å². The molecule has 0 spiro atoms. The highest BCUT2D eigenvalue weighted by Gasteiger charge is 2.33. The van der Waals surface area contributed by atoms with Gasteiger partial charge in [-0.1, -0.05) is 18.2 Å². The average molecular weight is 337 g/mol. The minimum absolute atomic E-state index is 0.000929. The summed E-state index contributed by atoms with van der Waals surface area (Å²) in [5.74, 6) is -0.141. The Bertz CT molecular complexity index is 1020. The van der Waals surface area contributed by atoms with Gasteiger partial charge >= 0.3 is 0 Å². The maximum atomic E-state index is 13.2. The fraction of sp³-hybridized carbons (Fsp3) is 0.333. The van der Waals surface area contributed by atoms with Gasteiger partial charge in [-0.2, -0.15) is 10.2 Å². The lowest BCUT2D eigenvalue weighted by Gasteiger charge is -2.24. The molecule has 1 saturated heterocycles. The molecule has 1 aliphatic rings. The van der Waals surface area contributed by atoms with E-state index in [0.29, 0.717) is 23.0 Å². The predicted octanol–water partition coefficient (Wildman–Crippen LogP) is 1.64. The highest BCUT2D eigenvalue weighted by atomic mass is 16.2. The topological polar surface area (TPSA) is 73.0 Å². The molecule has 1 amide bonds. The van der Waals surface area contributed by atoms with Crippen molar-refractivity contribution in [2.45, 2.75) is 18.9 Å². The van der Waals surface area contributed by atoms with Crippen molar-refractivity contribution in [3.63, 3.8) is 0 Å². The van der Waals surface area contributed by atoms with Crippen LogP contribution < -0.4 is 5.56 Å². The molecule has 4 rings (SSSR count). The molecule has 3 aromatic rings. The van der Waals surface area contributed by atoms with Crippen molar-refractivity contribution in [1.29, 1.82) is 0 Å². The fourth-order valence-electron chi connectivity index (χ4n) is 3.56. The van der Waals surface area contributed by atoms with Gasteiger partial charge in [0.15, 0.2) is 5.69 Å². The van der Waals surface area contributed by atoms with E-state index < -0.39 is 0 Å². The molecule has 7 nitrogen and oxygen atoms in total. The van der Waals surface area contributed by atoms with E-state index in [2.05, 4.69) is 10.2 Å². The first-order chi connectivity index (χ1) is 12.1. The monoisotopic (exact) mass is 337 g/mol. The zero-order valence-electron chi connectivity index (χ0n) is 14.2. The Balaban J connectivity index is 1.80. The van der Waals surface area contributed by atoms with Crippen LogP contribution in [0.2, 0.25) is 0 Å². The standard InChI is InChI=1S/C18H19N5O2/c1-21-11-12(10-19-21)15-8-5-9-23(15)18(25)16-13-6-3-4-7-14(13)17(24)22(2)20-16/h3-4,6-7,10-11,15H,5,8-9H2,1-2H3. The third-order valence-corrected chi connectivity index (χ3v) is 4.78. The number of fused-ring (bicyclic) bond motifs is 1. The summed E-state index contributed by atoms with van der Waals surface area (Å²) < 4.78 is 2.99. The number of hydrogen-bond donors (Lipinski definition) is 0. The van der Waals surface area contributed by atoms with Crippen molar-refractivity contribution in [2.75, 3.05) is 6.54 Å². The molecule has 1 aromatic carbocycles. The second kappa shape index (κ2) is 5.84. The number of aromatic nitrogens is 4. The van der Waals surface area contributed by atoms with E-state index in [-0.39, 0.29) is 17.5 Å². The van der Waals surface area contributed by atoms with Crippen LogP contribution in [0.25, 0.3) is 10.8 Å². The number of rotatable bonds is 2. The Morgan fingerprint density at radius 1 is 1.20 bits per heavy atom. The molecule has 1 fully saturated rings. The minimum atomic E-state index is -0.197. The Morgan fingerprint density at radius 3 is 2.68 bits per heavy atom. The summed E-state index contributed by atoms with van der Waals surface area (Å²) in [6.07, 6.45) is 5.60. The fourth-order valence-corrected chi connectivity index (χ4v) is 3.56. The normalized spacial score (nSPS) is 17.4. The molecule has 0 saturated carbocycles. The first-order valence-electron chi connectivity index (χ1n) is 8.32. The Labute approximate surface area is 144 Å². The first-order valence-corrected chi connectivity index (χ1v) is 8.32. The van der Waals surface area contributed by atoms with Crippen molar-refractivity contribution < 1.29 is 4.79 Å². The van der Waals surface area contributed by atoms with Gasteiger partial charge in [-0.25, -0.2) is 4.68 Å². The van der Waals surface area contributed by atoms with Crippen LogP contribution >= 0.6 is 0 Å². The van der Waals surface area contributed by atoms with Gasteiger partial charge in [-0.3, -0.25) is 14.3 Å². The number of likely N-dealkylation sites (tertiary alicyclic amines) is 1. The molecule has 0 N–H and O–H groups in total. The van der Waals surface area contributed by atoms with Crippen LogP contribution in [0.1, 0.15) is 34.9 Å². The molecule has 0 radical (unpaired) electrons. The molecule has 128 valence electrons. The van der Waals surface area contributed by atoms with E-state index in [4.69, 9.17) is 0 Å². The summed E-state index contributed by atoms with van der Waals surface area (Å²) in [7, 11) is 3.45. The number of carbonyl (C=O) groups excluding carboxylic acids is 1. The third kappa shape index (κ3) is 2.52. The highest BCUT2D eigenvalue weighted by molar-refractivity contribution is 6.05. The minimum Gasteiger partial charge on any atom is -0.330 e. The molecule has 25 heavy (non-hydrogen) atoms. The SMILES string of the molecule is Cn1cc(C2CCCN2C(=O)c2nn(C)c(=O)c3ccccc23)cn1. The van der Waals surface area contributed by atoms with Gasteiger partial charge in [0, 0.05) is 37.8 Å². The summed E-state index contributed by atoms with van der Waals surface area (Å²) in [6.45, 7) is 0.678. The van der Waals surface area contributed by atoms with E-state index in [1.165, 1.54) is 4.68 Å². The number of aryl methyl sites for hydroxylation is 2. The summed E-state index contributed by atoms with van der Waals surface area (Å²) in [5.41, 5.74) is 1.16. The number of hydrogen-bond acceptors (Lipinski definition) is 4. The molecule has 2 aromatic heterocycles. The Morgan fingerprint density at radius 2 is 1.96 bits per heavy atom. The Hall–Kier alpha value is -2.96. The number of benzene rings is 1. The van der Waals surface area contributed by atoms with Crippen molar-refractivity contribution in [3.8, 4) is 0 Å². The van der Waals surface area contributed by atoms with Crippen molar-refractivity contribution in [3.05, 3.63) is 58.3 Å². The summed E-state index contributed by atoms with van der Waals surface area (Å²) >= 11 is 0. The zero-order chi connectivity index (χ0) is 17.6. The van der Waals surface area contributed by atoms with Crippen molar-refractivity contribution in [1.82, 2.24) is 24.5 Å². The van der Waals surface area contributed by atoms with Crippen LogP contribution in [0.4, 0.5) is 0 Å². The van der Waals surface area contributed by atoms with Gasteiger partial charge in [-0.05, 0) is 18.9 Å². The molecular formula is C18H19N5O2. The number of nitrogens with zero attached hydrogens (tertiary/aromatic N) is 5. The van der Waals surface area contributed by atoms with E-state index in [1.807, 2.05) is 30.4 Å². The lowest BCUT2D eigenvalue weighted by molar-refractivity contribution is 0.0729. The van der Waals surface area contributed by atoms with Gasteiger partial charge < -0.3 is 4.90 Å². The summed E-state index contributed by atoms with van der Waals surface area (Å²) in [4.78, 5) is 27.4. The Kier molecular flexibility index (Phi) is 3.63. The molecule has 1 atom stereocenters. The summed E-state index contributed by atoms with van der Waals surface area (Å²) in [6, 6.07) is 7.14. The van der Waals surface area contributed by atoms with Crippen LogP contribution in [0.5, 0.6) is 0 Å². The average Bonchev–Trinajstić information content (AvgIpc) is 3.26. The predicted molar refractivity (Wildman–Crippen MR) is 93.2 cm³/mol. The lowest BCUT2D eigenvalue weighted by atomic mass is 10.1. The molecule has 3 heterocycles. The molecule has 1 unspecified atom stereocenters.